The Bertz CT molecular complexity index is 924. The summed E-state index contributed by atoms with van der Waals surface area (Å²) in [5.41, 5.74) is 7.23. The van der Waals surface area contributed by atoms with E-state index in [1.807, 2.05) is 0 Å². The van der Waals surface area contributed by atoms with Gasteiger partial charge in [0.25, 0.3) is 0 Å². The smallest absolute Gasteiger partial charge is 0.118 e. The fourth-order valence-electron chi connectivity index (χ4n) is 4.38. The summed E-state index contributed by atoms with van der Waals surface area (Å²) in [6.45, 7) is 6.74. The monoisotopic (exact) mass is 348 g/mol. The maximum atomic E-state index is 5.28. The molecule has 1 aliphatic heterocycles. The molecule has 0 amide bonds. The van der Waals surface area contributed by atoms with Crippen molar-refractivity contribution in [3.05, 3.63) is 64.8 Å². The Kier molecular flexibility index (Phi) is 4.49. The van der Waals surface area contributed by atoms with Crippen LogP contribution in [0.4, 0.5) is 0 Å². The number of methoxy groups -OCH3 is 1. The van der Waals surface area contributed by atoms with Gasteiger partial charge in [0, 0.05) is 36.6 Å². The number of ether oxygens (including phenoxy) is 1. The molecule has 0 bridgehead atoms. The van der Waals surface area contributed by atoms with Crippen LogP contribution in [-0.4, -0.2) is 30.2 Å². The van der Waals surface area contributed by atoms with Crippen LogP contribution < -0.4 is 4.74 Å². The van der Waals surface area contributed by atoms with Gasteiger partial charge in [0.1, 0.15) is 5.75 Å². The average Bonchev–Trinajstić information content (AvgIpc) is 2.99. The first-order chi connectivity index (χ1) is 12.6. The molecule has 1 unspecified atom stereocenters. The Morgan fingerprint density at radius 3 is 2.62 bits per heavy atom. The molecular formula is C23H28N2O. The van der Waals surface area contributed by atoms with Gasteiger partial charge >= 0.3 is 0 Å². The number of nitrogens with zero attached hydrogens (tertiary/aromatic N) is 2. The van der Waals surface area contributed by atoms with E-state index in [1.165, 1.54) is 33.3 Å². The highest BCUT2D eigenvalue weighted by molar-refractivity contribution is 5.89. The van der Waals surface area contributed by atoms with Crippen LogP contribution in [0, 0.1) is 6.92 Å². The second-order valence-electron chi connectivity index (χ2n) is 7.49. The van der Waals surface area contributed by atoms with Crippen molar-refractivity contribution in [3.63, 3.8) is 0 Å². The van der Waals surface area contributed by atoms with Crippen LogP contribution in [0.5, 0.6) is 5.75 Å². The van der Waals surface area contributed by atoms with Gasteiger partial charge in [0.2, 0.25) is 0 Å². The van der Waals surface area contributed by atoms with E-state index in [0.717, 1.165) is 31.7 Å². The van der Waals surface area contributed by atoms with Crippen LogP contribution in [0.1, 0.15) is 35.3 Å². The molecule has 0 saturated carbocycles. The first kappa shape index (κ1) is 17.2. The number of likely N-dealkylation sites (N-methyl/N-ethyl adjacent to an activating group) is 1. The van der Waals surface area contributed by atoms with E-state index in [0.29, 0.717) is 6.04 Å². The van der Waals surface area contributed by atoms with E-state index in [1.54, 1.807) is 7.11 Å². The predicted octanol–water partition coefficient (Wildman–Crippen LogP) is 4.75. The summed E-state index contributed by atoms with van der Waals surface area (Å²) in [5, 5.41) is 1.44. The molecule has 3 aromatic rings. The largest absolute Gasteiger partial charge is 0.497 e. The van der Waals surface area contributed by atoms with E-state index < -0.39 is 0 Å². The summed E-state index contributed by atoms with van der Waals surface area (Å²) in [6, 6.07) is 15.7. The van der Waals surface area contributed by atoms with E-state index in [2.05, 4.69) is 72.8 Å². The minimum Gasteiger partial charge on any atom is -0.497 e. The Hall–Kier alpha value is -2.26. The molecule has 1 aromatic heterocycles. The molecule has 0 spiro atoms. The standard InChI is InChI=1S/C23H28N2O/c1-16-6-5-7-20-22-17(2)24(3)14-13-21(22)25(23(16)20)15-12-18-8-10-19(26-4)11-9-18/h5-11,17H,12-15H2,1-4H3. The zero-order chi connectivity index (χ0) is 18.3. The van der Waals surface area contributed by atoms with Crippen molar-refractivity contribution in [3.8, 4) is 5.75 Å². The van der Waals surface area contributed by atoms with Gasteiger partial charge in [-0.2, -0.15) is 0 Å². The molecule has 0 aliphatic carbocycles. The molecule has 3 nitrogen and oxygen atoms in total. The maximum absolute atomic E-state index is 5.28. The maximum Gasteiger partial charge on any atom is 0.118 e. The first-order valence-electron chi connectivity index (χ1n) is 9.54. The lowest BCUT2D eigenvalue weighted by molar-refractivity contribution is 0.245. The van der Waals surface area contributed by atoms with Crippen molar-refractivity contribution in [2.45, 2.75) is 39.3 Å². The Balaban J connectivity index is 1.74. The number of rotatable bonds is 4. The molecule has 1 atom stereocenters. The third-order valence-electron chi connectivity index (χ3n) is 6.00. The molecule has 136 valence electrons. The quantitative estimate of drug-likeness (QED) is 0.677. The first-order valence-corrected chi connectivity index (χ1v) is 9.54. The van der Waals surface area contributed by atoms with E-state index >= 15 is 0 Å². The van der Waals surface area contributed by atoms with Gasteiger partial charge in [-0.05, 0) is 56.1 Å². The molecule has 0 N–H and O–H groups in total. The Labute approximate surface area is 156 Å². The highest BCUT2D eigenvalue weighted by atomic mass is 16.5. The van der Waals surface area contributed by atoms with Gasteiger partial charge in [-0.3, -0.25) is 4.90 Å². The van der Waals surface area contributed by atoms with E-state index in [9.17, 15) is 0 Å². The number of aryl methyl sites for hydroxylation is 3. The van der Waals surface area contributed by atoms with Gasteiger partial charge in [-0.15, -0.1) is 0 Å². The molecule has 0 saturated heterocycles. The van der Waals surface area contributed by atoms with Crippen molar-refractivity contribution in [2.24, 2.45) is 0 Å². The summed E-state index contributed by atoms with van der Waals surface area (Å²) in [5.74, 6) is 0.922. The fourth-order valence-corrected chi connectivity index (χ4v) is 4.38. The van der Waals surface area contributed by atoms with E-state index in [-0.39, 0.29) is 0 Å². The van der Waals surface area contributed by atoms with Crippen LogP contribution in [0.25, 0.3) is 10.9 Å². The van der Waals surface area contributed by atoms with Gasteiger partial charge in [-0.1, -0.05) is 30.3 Å². The third-order valence-corrected chi connectivity index (χ3v) is 6.00. The molecule has 2 heterocycles. The summed E-state index contributed by atoms with van der Waals surface area (Å²) < 4.78 is 7.87. The van der Waals surface area contributed by atoms with Crippen molar-refractivity contribution in [1.82, 2.24) is 9.47 Å². The molecule has 2 aromatic carbocycles. The van der Waals surface area contributed by atoms with Crippen LogP contribution in [0.2, 0.25) is 0 Å². The normalized spacial score (nSPS) is 17.5. The summed E-state index contributed by atoms with van der Waals surface area (Å²) in [6.07, 6.45) is 2.17. The number of para-hydroxylation sites is 1. The van der Waals surface area contributed by atoms with Crippen molar-refractivity contribution in [1.29, 1.82) is 0 Å². The number of benzene rings is 2. The molecule has 26 heavy (non-hydrogen) atoms. The van der Waals surface area contributed by atoms with Crippen LogP contribution in [0.3, 0.4) is 0 Å². The minimum atomic E-state index is 0.477. The van der Waals surface area contributed by atoms with Crippen molar-refractivity contribution >= 4 is 10.9 Å². The summed E-state index contributed by atoms with van der Waals surface area (Å²) >= 11 is 0. The lowest BCUT2D eigenvalue weighted by Gasteiger charge is -2.31. The van der Waals surface area contributed by atoms with Crippen molar-refractivity contribution < 1.29 is 4.74 Å². The van der Waals surface area contributed by atoms with Gasteiger partial charge < -0.3 is 9.30 Å². The van der Waals surface area contributed by atoms with E-state index in [4.69, 9.17) is 4.74 Å². The predicted molar refractivity (Wildman–Crippen MR) is 108 cm³/mol. The molecule has 4 rings (SSSR count). The SMILES string of the molecule is COc1ccc(CCn2c3c(c4cccc(C)c42)C(C)N(C)CC3)cc1. The van der Waals surface area contributed by atoms with Crippen LogP contribution in [0.15, 0.2) is 42.5 Å². The number of hydrogen-bond donors (Lipinski definition) is 0. The van der Waals surface area contributed by atoms with Gasteiger partial charge in [0.05, 0.1) is 12.6 Å². The summed E-state index contributed by atoms with van der Waals surface area (Å²) in [4.78, 5) is 2.47. The molecule has 0 radical (unpaired) electrons. The van der Waals surface area contributed by atoms with Gasteiger partial charge in [0.15, 0.2) is 0 Å². The average molecular weight is 348 g/mol. The zero-order valence-corrected chi connectivity index (χ0v) is 16.2. The third kappa shape index (κ3) is 2.80. The molecule has 0 fully saturated rings. The van der Waals surface area contributed by atoms with Gasteiger partial charge in [-0.25, -0.2) is 0 Å². The number of fused-ring (bicyclic) bond motifs is 3. The highest BCUT2D eigenvalue weighted by Gasteiger charge is 2.28. The van der Waals surface area contributed by atoms with Crippen molar-refractivity contribution in [2.75, 3.05) is 20.7 Å². The Morgan fingerprint density at radius 2 is 1.88 bits per heavy atom. The molecular weight excluding hydrogens is 320 g/mol. The topological polar surface area (TPSA) is 17.4 Å². The van der Waals surface area contributed by atoms with Crippen LogP contribution >= 0.6 is 0 Å². The lowest BCUT2D eigenvalue weighted by Crippen LogP contribution is -2.31. The Morgan fingerprint density at radius 1 is 1.12 bits per heavy atom. The van der Waals surface area contributed by atoms with Crippen LogP contribution in [-0.2, 0) is 19.4 Å². The summed E-state index contributed by atoms with van der Waals surface area (Å²) in [7, 11) is 3.96. The number of hydrogen-bond acceptors (Lipinski definition) is 2. The second kappa shape index (κ2) is 6.81. The zero-order valence-electron chi connectivity index (χ0n) is 16.2. The molecule has 3 heteroatoms. The molecule has 1 aliphatic rings. The minimum absolute atomic E-state index is 0.477. The lowest BCUT2D eigenvalue weighted by atomic mass is 9.97. The number of aromatic nitrogens is 1. The second-order valence-corrected chi connectivity index (χ2v) is 7.49. The highest BCUT2D eigenvalue weighted by Crippen LogP contribution is 2.38. The fraction of sp³-hybridized carbons (Fsp3) is 0.391.